The first-order valence-electron chi connectivity index (χ1n) is 5.21. The van der Waals surface area contributed by atoms with Crippen LogP contribution in [0.15, 0.2) is 24.3 Å². The Morgan fingerprint density at radius 1 is 1.20 bits per heavy atom. The van der Waals surface area contributed by atoms with Crippen molar-refractivity contribution in [2.75, 3.05) is 26.3 Å². The standard InChI is InChI=1S/C12H17NO.ClH/c1-11-4-2-3-5-12(11)10-13-6-8-14-9-7-13;/h2-5H,6-10H2,1H3;1H. The third kappa shape index (κ3) is 3.49. The Balaban J connectivity index is 0.00000112. The zero-order valence-corrected chi connectivity index (χ0v) is 9.93. The Labute approximate surface area is 97.6 Å². The van der Waals surface area contributed by atoms with Gasteiger partial charge in [-0.2, -0.15) is 0 Å². The Morgan fingerprint density at radius 2 is 1.87 bits per heavy atom. The Hall–Kier alpha value is -0.570. The minimum Gasteiger partial charge on any atom is -0.379 e. The molecule has 1 aromatic carbocycles. The van der Waals surface area contributed by atoms with E-state index in [0.717, 1.165) is 32.8 Å². The lowest BCUT2D eigenvalue weighted by Gasteiger charge is -2.27. The molecule has 0 bridgehead atoms. The zero-order chi connectivity index (χ0) is 9.80. The van der Waals surface area contributed by atoms with Crippen LogP contribution >= 0.6 is 12.4 Å². The number of hydrogen-bond acceptors (Lipinski definition) is 2. The number of ether oxygens (including phenoxy) is 1. The van der Waals surface area contributed by atoms with E-state index in [1.54, 1.807) is 0 Å². The molecule has 0 amide bonds. The molecule has 1 aromatic rings. The van der Waals surface area contributed by atoms with Crippen LogP contribution in [0.3, 0.4) is 0 Å². The quantitative estimate of drug-likeness (QED) is 0.769. The van der Waals surface area contributed by atoms with Crippen LogP contribution in [0, 0.1) is 6.92 Å². The highest BCUT2D eigenvalue weighted by atomic mass is 35.5. The average molecular weight is 228 g/mol. The van der Waals surface area contributed by atoms with Gasteiger partial charge in [-0.25, -0.2) is 0 Å². The molecule has 0 unspecified atom stereocenters. The van der Waals surface area contributed by atoms with Crippen molar-refractivity contribution >= 4 is 12.4 Å². The monoisotopic (exact) mass is 227 g/mol. The SMILES string of the molecule is Cc1ccccc1CN1CCOCC1.Cl. The molecule has 0 aromatic heterocycles. The smallest absolute Gasteiger partial charge is 0.0594 e. The Bertz CT molecular complexity index is 297. The van der Waals surface area contributed by atoms with Crippen molar-refractivity contribution in [3.8, 4) is 0 Å². The minimum atomic E-state index is 0. The summed E-state index contributed by atoms with van der Waals surface area (Å²) in [6.07, 6.45) is 0. The molecule has 1 aliphatic heterocycles. The maximum Gasteiger partial charge on any atom is 0.0594 e. The van der Waals surface area contributed by atoms with Gasteiger partial charge in [0, 0.05) is 19.6 Å². The van der Waals surface area contributed by atoms with Crippen molar-refractivity contribution in [1.29, 1.82) is 0 Å². The third-order valence-electron chi connectivity index (χ3n) is 2.76. The molecule has 15 heavy (non-hydrogen) atoms. The summed E-state index contributed by atoms with van der Waals surface area (Å²) < 4.78 is 5.33. The number of rotatable bonds is 2. The van der Waals surface area contributed by atoms with Crippen molar-refractivity contribution in [3.63, 3.8) is 0 Å². The molecule has 84 valence electrons. The summed E-state index contributed by atoms with van der Waals surface area (Å²) in [6, 6.07) is 8.60. The number of hydrogen-bond donors (Lipinski definition) is 0. The fraction of sp³-hybridized carbons (Fsp3) is 0.500. The van der Waals surface area contributed by atoms with E-state index >= 15 is 0 Å². The van der Waals surface area contributed by atoms with Gasteiger partial charge in [-0.3, -0.25) is 4.90 Å². The fourth-order valence-corrected chi connectivity index (χ4v) is 1.79. The predicted octanol–water partition coefficient (Wildman–Crippen LogP) is 2.25. The number of morpholine rings is 1. The second-order valence-electron chi connectivity index (χ2n) is 3.82. The highest BCUT2D eigenvalue weighted by molar-refractivity contribution is 5.85. The van der Waals surface area contributed by atoms with Gasteiger partial charge in [-0.05, 0) is 18.1 Å². The summed E-state index contributed by atoms with van der Waals surface area (Å²) in [6.45, 7) is 7.13. The van der Waals surface area contributed by atoms with Crippen molar-refractivity contribution in [3.05, 3.63) is 35.4 Å². The van der Waals surface area contributed by atoms with Crippen LogP contribution < -0.4 is 0 Å². The van der Waals surface area contributed by atoms with Gasteiger partial charge in [0.1, 0.15) is 0 Å². The topological polar surface area (TPSA) is 12.5 Å². The van der Waals surface area contributed by atoms with Crippen LogP contribution in [-0.4, -0.2) is 31.2 Å². The molecule has 1 heterocycles. The van der Waals surface area contributed by atoms with E-state index in [0.29, 0.717) is 0 Å². The molecule has 3 heteroatoms. The van der Waals surface area contributed by atoms with Crippen LogP contribution in [0.4, 0.5) is 0 Å². The van der Waals surface area contributed by atoms with E-state index in [1.807, 2.05) is 0 Å². The van der Waals surface area contributed by atoms with Crippen molar-refractivity contribution in [2.45, 2.75) is 13.5 Å². The van der Waals surface area contributed by atoms with Gasteiger partial charge in [0.2, 0.25) is 0 Å². The zero-order valence-electron chi connectivity index (χ0n) is 9.11. The summed E-state index contributed by atoms with van der Waals surface area (Å²) >= 11 is 0. The van der Waals surface area contributed by atoms with E-state index in [4.69, 9.17) is 4.74 Å². The van der Waals surface area contributed by atoms with Crippen LogP contribution in [-0.2, 0) is 11.3 Å². The molecule has 1 aliphatic rings. The van der Waals surface area contributed by atoms with Gasteiger partial charge >= 0.3 is 0 Å². The van der Waals surface area contributed by atoms with Gasteiger partial charge in [-0.1, -0.05) is 24.3 Å². The van der Waals surface area contributed by atoms with E-state index in [2.05, 4.69) is 36.1 Å². The first-order chi connectivity index (χ1) is 6.86. The lowest BCUT2D eigenvalue weighted by Crippen LogP contribution is -2.35. The molecule has 0 radical (unpaired) electrons. The lowest BCUT2D eigenvalue weighted by atomic mass is 10.1. The molecule has 0 saturated carbocycles. The van der Waals surface area contributed by atoms with Gasteiger partial charge in [0.05, 0.1) is 13.2 Å². The largest absolute Gasteiger partial charge is 0.379 e. The highest BCUT2D eigenvalue weighted by Crippen LogP contribution is 2.11. The van der Waals surface area contributed by atoms with E-state index < -0.39 is 0 Å². The maximum absolute atomic E-state index is 5.33. The molecule has 1 saturated heterocycles. The summed E-state index contributed by atoms with van der Waals surface area (Å²) in [5.74, 6) is 0. The second-order valence-corrected chi connectivity index (χ2v) is 3.82. The first-order valence-corrected chi connectivity index (χ1v) is 5.21. The molecular weight excluding hydrogens is 210 g/mol. The molecule has 1 fully saturated rings. The number of aryl methyl sites for hydroxylation is 1. The normalized spacial score (nSPS) is 17.1. The molecule has 2 rings (SSSR count). The van der Waals surface area contributed by atoms with Gasteiger partial charge in [0.15, 0.2) is 0 Å². The molecule has 0 atom stereocenters. The molecule has 0 N–H and O–H groups in total. The fourth-order valence-electron chi connectivity index (χ4n) is 1.79. The summed E-state index contributed by atoms with van der Waals surface area (Å²) in [5, 5.41) is 0. The Kier molecular flexibility index (Phi) is 5.09. The average Bonchev–Trinajstić information content (AvgIpc) is 2.23. The molecule has 0 aliphatic carbocycles. The molecule has 2 nitrogen and oxygen atoms in total. The summed E-state index contributed by atoms with van der Waals surface area (Å²) in [5.41, 5.74) is 2.83. The van der Waals surface area contributed by atoms with E-state index in [9.17, 15) is 0 Å². The van der Waals surface area contributed by atoms with Crippen molar-refractivity contribution in [2.24, 2.45) is 0 Å². The predicted molar refractivity (Wildman–Crippen MR) is 64.5 cm³/mol. The van der Waals surface area contributed by atoms with Crippen molar-refractivity contribution < 1.29 is 4.74 Å². The van der Waals surface area contributed by atoms with Gasteiger partial charge in [-0.15, -0.1) is 12.4 Å². The van der Waals surface area contributed by atoms with Crippen molar-refractivity contribution in [1.82, 2.24) is 4.90 Å². The second kappa shape index (κ2) is 6.11. The molecule has 0 spiro atoms. The lowest BCUT2D eigenvalue weighted by molar-refractivity contribution is 0.0341. The van der Waals surface area contributed by atoms with E-state index in [1.165, 1.54) is 11.1 Å². The highest BCUT2D eigenvalue weighted by Gasteiger charge is 2.10. The molecular formula is C12H18ClNO. The maximum atomic E-state index is 5.33. The van der Waals surface area contributed by atoms with Gasteiger partial charge < -0.3 is 4.74 Å². The van der Waals surface area contributed by atoms with Crippen LogP contribution in [0.1, 0.15) is 11.1 Å². The minimum absolute atomic E-state index is 0. The van der Waals surface area contributed by atoms with Crippen LogP contribution in [0.25, 0.3) is 0 Å². The van der Waals surface area contributed by atoms with Crippen LogP contribution in [0.5, 0.6) is 0 Å². The van der Waals surface area contributed by atoms with Gasteiger partial charge in [0.25, 0.3) is 0 Å². The first kappa shape index (κ1) is 12.5. The summed E-state index contributed by atoms with van der Waals surface area (Å²) in [4.78, 5) is 2.45. The number of nitrogens with zero attached hydrogens (tertiary/aromatic N) is 1. The number of halogens is 1. The number of benzene rings is 1. The van der Waals surface area contributed by atoms with E-state index in [-0.39, 0.29) is 12.4 Å². The van der Waals surface area contributed by atoms with Crippen LogP contribution in [0.2, 0.25) is 0 Å². The Morgan fingerprint density at radius 3 is 2.53 bits per heavy atom. The third-order valence-corrected chi connectivity index (χ3v) is 2.76. The summed E-state index contributed by atoms with van der Waals surface area (Å²) in [7, 11) is 0.